The third-order valence-electron chi connectivity index (χ3n) is 1.99. The van der Waals surface area contributed by atoms with Gasteiger partial charge in [0.25, 0.3) is 0 Å². The molecule has 0 saturated heterocycles. The molecule has 0 amide bonds. The van der Waals surface area contributed by atoms with Crippen LogP contribution in [0.15, 0.2) is 23.1 Å². The predicted molar refractivity (Wildman–Crippen MR) is 53.5 cm³/mol. The number of ketones is 1. The fraction of sp³-hybridized carbons (Fsp3) is 0.300. The molecule has 3 nitrogen and oxygen atoms in total. The molecule has 1 aromatic carbocycles. The predicted octanol–water partition coefficient (Wildman–Crippen LogP) is 1.84. The van der Waals surface area contributed by atoms with Crippen LogP contribution in [0.1, 0.15) is 5.56 Å². The van der Waals surface area contributed by atoms with Crippen molar-refractivity contribution in [2.24, 2.45) is 0 Å². The topological polar surface area (TPSA) is 35.5 Å². The van der Waals surface area contributed by atoms with E-state index in [-0.39, 0.29) is 12.4 Å². The Morgan fingerprint density at radius 3 is 3.14 bits per heavy atom. The van der Waals surface area contributed by atoms with E-state index in [2.05, 4.69) is 0 Å². The molecule has 0 saturated carbocycles. The quantitative estimate of drug-likeness (QED) is 0.698. The molecule has 14 heavy (non-hydrogen) atoms. The monoisotopic (exact) mass is 210 g/mol. The minimum absolute atomic E-state index is 0.122. The van der Waals surface area contributed by atoms with E-state index in [0.29, 0.717) is 6.42 Å². The lowest BCUT2D eigenvalue weighted by molar-refractivity contribution is -0.121. The van der Waals surface area contributed by atoms with Gasteiger partial charge in [-0.15, -0.1) is 0 Å². The molecule has 0 unspecified atom stereocenters. The van der Waals surface area contributed by atoms with Gasteiger partial charge in [0.1, 0.15) is 12.4 Å². The van der Waals surface area contributed by atoms with Crippen molar-refractivity contribution in [1.29, 1.82) is 0 Å². The van der Waals surface area contributed by atoms with Crippen LogP contribution in [0, 0.1) is 0 Å². The maximum Gasteiger partial charge on any atom is 0.174 e. The SMILES string of the molecule is COSc1ccc2c(c1)CC(=O)CO2. The molecule has 0 radical (unpaired) electrons. The zero-order chi connectivity index (χ0) is 9.97. The van der Waals surface area contributed by atoms with Gasteiger partial charge in [-0.1, -0.05) is 0 Å². The minimum atomic E-state index is 0.122. The van der Waals surface area contributed by atoms with E-state index in [1.807, 2.05) is 18.2 Å². The van der Waals surface area contributed by atoms with Gasteiger partial charge in [0.2, 0.25) is 0 Å². The summed E-state index contributed by atoms with van der Waals surface area (Å²) in [5.41, 5.74) is 0.948. The second-order valence-electron chi connectivity index (χ2n) is 3.02. The first kappa shape index (κ1) is 9.55. The first-order valence-corrected chi connectivity index (χ1v) is 5.02. The van der Waals surface area contributed by atoms with Gasteiger partial charge in [-0.3, -0.25) is 4.79 Å². The Hall–Kier alpha value is -1.00. The highest BCUT2D eigenvalue weighted by Crippen LogP contribution is 2.28. The number of ether oxygens (including phenoxy) is 1. The van der Waals surface area contributed by atoms with Gasteiger partial charge in [0, 0.05) is 28.9 Å². The highest BCUT2D eigenvalue weighted by Gasteiger charge is 2.16. The second kappa shape index (κ2) is 4.02. The summed E-state index contributed by atoms with van der Waals surface area (Å²) in [5.74, 6) is 0.933. The molecule has 4 heteroatoms. The van der Waals surface area contributed by atoms with Gasteiger partial charge in [0.05, 0.1) is 7.11 Å². The number of fused-ring (bicyclic) bond motifs is 1. The average molecular weight is 210 g/mol. The van der Waals surface area contributed by atoms with Gasteiger partial charge in [0.15, 0.2) is 5.78 Å². The zero-order valence-electron chi connectivity index (χ0n) is 7.78. The van der Waals surface area contributed by atoms with Crippen LogP contribution in [0.4, 0.5) is 0 Å². The molecule has 0 spiro atoms. The second-order valence-corrected chi connectivity index (χ2v) is 4.00. The summed E-state index contributed by atoms with van der Waals surface area (Å²) in [6.45, 7) is 0.198. The number of hydrogen-bond acceptors (Lipinski definition) is 4. The van der Waals surface area contributed by atoms with Gasteiger partial charge in [-0.25, -0.2) is 0 Å². The molecule has 1 aliphatic heterocycles. The molecule has 1 aliphatic rings. The Morgan fingerprint density at radius 1 is 1.50 bits per heavy atom. The van der Waals surface area contributed by atoms with Gasteiger partial charge >= 0.3 is 0 Å². The van der Waals surface area contributed by atoms with Crippen molar-refractivity contribution < 1.29 is 13.7 Å². The molecule has 74 valence electrons. The lowest BCUT2D eigenvalue weighted by Crippen LogP contribution is -2.20. The molecule has 0 fully saturated rings. The summed E-state index contributed by atoms with van der Waals surface area (Å²) in [6.07, 6.45) is 0.466. The van der Waals surface area contributed by atoms with Gasteiger partial charge in [-0.05, 0) is 18.2 Å². The van der Waals surface area contributed by atoms with Crippen molar-refractivity contribution >= 4 is 17.8 Å². The van der Waals surface area contributed by atoms with E-state index in [1.165, 1.54) is 12.0 Å². The molecule has 0 N–H and O–H groups in total. The van der Waals surface area contributed by atoms with E-state index < -0.39 is 0 Å². The van der Waals surface area contributed by atoms with E-state index in [1.54, 1.807) is 7.11 Å². The van der Waals surface area contributed by atoms with Crippen LogP contribution in [0.5, 0.6) is 5.75 Å². The van der Waals surface area contributed by atoms with Crippen molar-refractivity contribution in [3.63, 3.8) is 0 Å². The molecule has 1 aromatic rings. The maximum absolute atomic E-state index is 11.1. The Balaban J connectivity index is 2.28. The van der Waals surface area contributed by atoms with Crippen molar-refractivity contribution in [2.75, 3.05) is 13.7 Å². The maximum atomic E-state index is 11.1. The average Bonchev–Trinajstić information content (AvgIpc) is 2.17. The molecule has 0 aliphatic carbocycles. The molecule has 0 bridgehead atoms. The fourth-order valence-electron chi connectivity index (χ4n) is 1.40. The van der Waals surface area contributed by atoms with Crippen LogP contribution in [-0.2, 0) is 15.4 Å². The number of benzene rings is 1. The largest absolute Gasteiger partial charge is 0.486 e. The number of rotatable bonds is 2. The third kappa shape index (κ3) is 1.91. The third-order valence-corrected chi connectivity index (χ3v) is 2.60. The molecule has 0 aromatic heterocycles. The van der Waals surface area contributed by atoms with E-state index in [9.17, 15) is 4.79 Å². The van der Waals surface area contributed by atoms with E-state index >= 15 is 0 Å². The first-order chi connectivity index (χ1) is 6.79. The summed E-state index contributed by atoms with van der Waals surface area (Å²) >= 11 is 1.28. The van der Waals surface area contributed by atoms with E-state index in [4.69, 9.17) is 8.92 Å². The van der Waals surface area contributed by atoms with Crippen LogP contribution in [0.3, 0.4) is 0 Å². The number of Topliss-reactive ketones (excluding diaryl/α,β-unsaturated/α-hetero) is 1. The number of carbonyl (C=O) groups is 1. The van der Waals surface area contributed by atoms with Crippen molar-refractivity contribution in [1.82, 2.24) is 0 Å². The lowest BCUT2D eigenvalue weighted by Gasteiger charge is -2.16. The van der Waals surface area contributed by atoms with Crippen LogP contribution in [0.25, 0.3) is 0 Å². The molecule has 1 heterocycles. The van der Waals surface area contributed by atoms with Crippen LogP contribution < -0.4 is 4.74 Å². The van der Waals surface area contributed by atoms with Gasteiger partial charge < -0.3 is 8.92 Å². The first-order valence-electron chi connectivity index (χ1n) is 4.27. The fourth-order valence-corrected chi connectivity index (χ4v) is 1.91. The van der Waals surface area contributed by atoms with E-state index in [0.717, 1.165) is 16.2 Å². The van der Waals surface area contributed by atoms with Crippen molar-refractivity contribution in [3.8, 4) is 5.75 Å². The Morgan fingerprint density at radius 2 is 2.36 bits per heavy atom. The van der Waals surface area contributed by atoms with Crippen LogP contribution in [-0.4, -0.2) is 19.5 Å². The van der Waals surface area contributed by atoms with Crippen LogP contribution >= 0.6 is 12.0 Å². The normalized spacial score (nSPS) is 14.8. The summed E-state index contributed by atoms with van der Waals surface area (Å²) in [6, 6.07) is 5.73. The Bertz CT molecular complexity index is 362. The number of carbonyl (C=O) groups excluding carboxylic acids is 1. The molecule has 2 rings (SSSR count). The summed E-state index contributed by atoms with van der Waals surface area (Å²) in [7, 11) is 1.62. The minimum Gasteiger partial charge on any atom is -0.486 e. The summed E-state index contributed by atoms with van der Waals surface area (Å²) in [5, 5.41) is 0. The smallest absolute Gasteiger partial charge is 0.174 e. The van der Waals surface area contributed by atoms with Crippen LogP contribution in [0.2, 0.25) is 0 Å². The van der Waals surface area contributed by atoms with Crippen molar-refractivity contribution in [2.45, 2.75) is 11.3 Å². The molecular formula is C10H10O3S. The molecular weight excluding hydrogens is 200 g/mol. The zero-order valence-corrected chi connectivity index (χ0v) is 8.60. The highest BCUT2D eigenvalue weighted by atomic mass is 32.2. The van der Waals surface area contributed by atoms with Gasteiger partial charge in [-0.2, -0.15) is 0 Å². The lowest BCUT2D eigenvalue weighted by atomic mass is 10.1. The standard InChI is InChI=1S/C10H10O3S/c1-12-14-9-2-3-10-7(5-9)4-8(11)6-13-10/h2-3,5H,4,6H2,1H3. The Labute approximate surface area is 86.6 Å². The van der Waals surface area contributed by atoms with Crippen molar-refractivity contribution in [3.05, 3.63) is 23.8 Å². The Kier molecular flexibility index (Phi) is 2.74. The highest BCUT2D eigenvalue weighted by molar-refractivity contribution is 7.94. The number of hydrogen-bond donors (Lipinski definition) is 0. The summed E-state index contributed by atoms with van der Waals surface area (Å²) < 4.78 is 10.2. The molecule has 0 atom stereocenters. The summed E-state index contributed by atoms with van der Waals surface area (Å²) in [4.78, 5) is 12.1.